The summed E-state index contributed by atoms with van der Waals surface area (Å²) in [5.41, 5.74) is 0.411. The van der Waals surface area contributed by atoms with Gasteiger partial charge in [-0.2, -0.15) is 0 Å². The summed E-state index contributed by atoms with van der Waals surface area (Å²) in [6.45, 7) is 10.1. The molecule has 0 aromatic heterocycles. The van der Waals surface area contributed by atoms with E-state index in [1.54, 1.807) is 6.92 Å². The fourth-order valence-corrected chi connectivity index (χ4v) is 11.3. The van der Waals surface area contributed by atoms with Crippen molar-refractivity contribution in [2.45, 2.75) is 117 Å². The molecule has 1 N–H and O–H groups in total. The number of ketones is 1. The predicted molar refractivity (Wildman–Crippen MR) is 144 cm³/mol. The Labute approximate surface area is 220 Å². The number of aliphatic hydroxyl groups excluding tert-OH is 1. The van der Waals surface area contributed by atoms with Crippen LogP contribution >= 0.6 is 0 Å². The molecule has 0 aromatic carbocycles. The van der Waals surface area contributed by atoms with Crippen LogP contribution in [-0.4, -0.2) is 29.7 Å². The van der Waals surface area contributed by atoms with E-state index < -0.39 is 0 Å². The lowest BCUT2D eigenvalue weighted by Gasteiger charge is -2.62. The van der Waals surface area contributed by atoms with Crippen molar-refractivity contribution in [2.24, 2.45) is 64.1 Å². The molecule has 0 amide bonds. The fraction of sp³-hybridized carbons (Fsp3) is 0.909. The maximum atomic E-state index is 11.8. The van der Waals surface area contributed by atoms with E-state index in [0.717, 1.165) is 49.0 Å². The van der Waals surface area contributed by atoms with Gasteiger partial charge in [0.05, 0.1) is 18.8 Å². The van der Waals surface area contributed by atoms with Crippen LogP contribution in [0.5, 0.6) is 0 Å². The van der Waals surface area contributed by atoms with E-state index in [1.165, 1.54) is 57.8 Å². The van der Waals surface area contributed by atoms with Crippen LogP contribution < -0.4 is 0 Å². The molecule has 5 saturated carbocycles. The van der Waals surface area contributed by atoms with Crippen molar-refractivity contribution in [3.63, 3.8) is 0 Å². The zero-order valence-electron chi connectivity index (χ0n) is 23.5. The molecule has 0 radical (unpaired) electrons. The Kier molecular flexibility index (Phi) is 6.76. The van der Waals surface area contributed by atoms with E-state index in [0.29, 0.717) is 47.4 Å². The number of carbonyl (C=O) groups is 1. The zero-order valence-corrected chi connectivity index (χ0v) is 23.5. The monoisotopic (exact) mass is 496 g/mol. The number of rotatable bonds is 7. The Balaban J connectivity index is 1.11. The van der Waals surface area contributed by atoms with E-state index in [9.17, 15) is 9.90 Å². The van der Waals surface area contributed by atoms with Gasteiger partial charge in [0.15, 0.2) is 0 Å². The van der Waals surface area contributed by atoms with E-state index in [4.69, 9.17) is 4.74 Å². The molecule has 3 nitrogen and oxygen atoms in total. The number of hydrogen-bond acceptors (Lipinski definition) is 3. The number of aliphatic hydroxyl groups is 1. The van der Waals surface area contributed by atoms with Gasteiger partial charge in [-0.15, -0.1) is 0 Å². The minimum atomic E-state index is -0.188. The summed E-state index contributed by atoms with van der Waals surface area (Å²) < 4.78 is 6.63. The Morgan fingerprint density at radius 2 is 1.86 bits per heavy atom. The molecule has 13 atom stereocenters. The first-order chi connectivity index (χ1) is 17.2. The highest BCUT2D eigenvalue weighted by Gasteiger charge is 2.63. The maximum Gasteiger partial charge on any atom is 0.129 e. The third kappa shape index (κ3) is 4.09. The van der Waals surface area contributed by atoms with Gasteiger partial charge in [-0.05, 0) is 142 Å². The normalized spacial score (nSPS) is 52.0. The minimum absolute atomic E-state index is 0.0377. The lowest BCUT2D eigenvalue weighted by atomic mass is 9.43. The van der Waals surface area contributed by atoms with Crippen molar-refractivity contribution in [1.82, 2.24) is 0 Å². The summed E-state index contributed by atoms with van der Waals surface area (Å²) in [4.78, 5) is 11.6. The predicted octanol–water partition coefficient (Wildman–Crippen LogP) is 7.22. The van der Waals surface area contributed by atoms with Gasteiger partial charge in [0, 0.05) is 6.42 Å². The van der Waals surface area contributed by atoms with Crippen LogP contribution in [0.2, 0.25) is 0 Å². The molecule has 5 fully saturated rings. The van der Waals surface area contributed by atoms with Crippen LogP contribution in [0.3, 0.4) is 0 Å². The highest BCUT2D eigenvalue weighted by Crippen LogP contribution is 2.68. The summed E-state index contributed by atoms with van der Waals surface area (Å²) in [6.07, 6.45) is 19.6. The topological polar surface area (TPSA) is 46.5 Å². The molecular formula is C33H52O3. The first-order valence-electron chi connectivity index (χ1n) is 15.7. The maximum absolute atomic E-state index is 11.8. The third-order valence-corrected chi connectivity index (χ3v) is 13.4. The summed E-state index contributed by atoms with van der Waals surface area (Å²) in [6, 6.07) is 0. The second-order valence-electron chi connectivity index (χ2n) is 14.9. The van der Waals surface area contributed by atoms with Crippen molar-refractivity contribution < 1.29 is 14.6 Å². The molecular weight excluding hydrogens is 444 g/mol. The average molecular weight is 497 g/mol. The first-order valence-corrected chi connectivity index (χ1v) is 15.7. The van der Waals surface area contributed by atoms with Gasteiger partial charge in [-0.25, -0.2) is 0 Å². The number of ether oxygens (including phenoxy) is 1. The average Bonchev–Trinajstić information content (AvgIpc) is 3.57. The molecule has 3 heteroatoms. The molecule has 6 aliphatic carbocycles. The number of hydrogen-bond donors (Lipinski definition) is 1. The molecule has 2 bridgehead atoms. The van der Waals surface area contributed by atoms with E-state index in [1.807, 2.05) is 0 Å². The summed E-state index contributed by atoms with van der Waals surface area (Å²) in [5.74, 6) is 6.67. The number of allylic oxidation sites excluding steroid dienone is 2. The van der Waals surface area contributed by atoms with Crippen LogP contribution in [0, 0.1) is 64.1 Å². The van der Waals surface area contributed by atoms with Crippen molar-refractivity contribution in [2.75, 3.05) is 6.61 Å². The van der Waals surface area contributed by atoms with E-state index in [2.05, 4.69) is 32.9 Å². The van der Waals surface area contributed by atoms with Crippen LogP contribution in [-0.2, 0) is 9.53 Å². The molecule has 13 unspecified atom stereocenters. The summed E-state index contributed by atoms with van der Waals surface area (Å²) in [5, 5.41) is 11.8. The van der Waals surface area contributed by atoms with Crippen LogP contribution in [0.1, 0.15) is 105 Å². The van der Waals surface area contributed by atoms with Gasteiger partial charge in [0.2, 0.25) is 0 Å². The second kappa shape index (κ2) is 9.51. The number of Topliss-reactive ketones (excluding diaryl/α,β-unsaturated/α-hetero) is 1. The Morgan fingerprint density at radius 3 is 2.58 bits per heavy atom. The molecule has 6 rings (SSSR count). The van der Waals surface area contributed by atoms with Crippen molar-refractivity contribution in [3.8, 4) is 0 Å². The quantitative estimate of drug-likeness (QED) is 0.379. The van der Waals surface area contributed by atoms with Gasteiger partial charge >= 0.3 is 0 Å². The first kappa shape index (κ1) is 25.6. The summed E-state index contributed by atoms with van der Waals surface area (Å²) >= 11 is 0. The molecule has 202 valence electrons. The Hall–Kier alpha value is -0.670. The fourth-order valence-electron chi connectivity index (χ4n) is 11.3. The van der Waals surface area contributed by atoms with Crippen molar-refractivity contribution >= 4 is 5.78 Å². The molecule has 6 aliphatic rings. The Bertz CT molecular complexity index is 865. The van der Waals surface area contributed by atoms with E-state index in [-0.39, 0.29) is 11.5 Å². The van der Waals surface area contributed by atoms with Crippen LogP contribution in [0.25, 0.3) is 0 Å². The van der Waals surface area contributed by atoms with E-state index >= 15 is 0 Å². The highest BCUT2D eigenvalue weighted by molar-refractivity contribution is 5.75. The SMILES string of the molecule is CC(=O)CCC(C)C1CCC2C3CCC4CC(OCC5CC6C=CC5C6)CCC4(C)C3CC(O)C12C. The number of carbonyl (C=O) groups excluding carboxylic acids is 1. The molecule has 0 spiro atoms. The van der Waals surface area contributed by atoms with Gasteiger partial charge in [0.25, 0.3) is 0 Å². The molecule has 0 saturated heterocycles. The van der Waals surface area contributed by atoms with Gasteiger partial charge in [-0.1, -0.05) is 32.9 Å². The highest BCUT2D eigenvalue weighted by atomic mass is 16.5. The summed E-state index contributed by atoms with van der Waals surface area (Å²) in [7, 11) is 0. The molecule has 0 heterocycles. The number of fused-ring (bicyclic) bond motifs is 7. The largest absolute Gasteiger partial charge is 0.393 e. The lowest BCUT2D eigenvalue weighted by Crippen LogP contribution is -2.59. The van der Waals surface area contributed by atoms with Crippen molar-refractivity contribution in [1.29, 1.82) is 0 Å². The van der Waals surface area contributed by atoms with Gasteiger partial charge < -0.3 is 14.6 Å². The third-order valence-electron chi connectivity index (χ3n) is 13.4. The standard InChI is InChI=1S/C33H52O3/c1-20(5-6-21(2)34)28-11-12-29-27-10-9-25-17-26(36-19-24-16-22-7-8-23(24)15-22)13-14-32(25,3)30(27)18-31(35)33(28,29)4/h7-8,20,22-31,35H,5-6,9-19H2,1-4H3. The second-order valence-corrected chi connectivity index (χ2v) is 14.9. The molecule has 0 aromatic rings. The van der Waals surface area contributed by atoms with Gasteiger partial charge in [0.1, 0.15) is 5.78 Å². The van der Waals surface area contributed by atoms with Gasteiger partial charge in [-0.3, -0.25) is 0 Å². The lowest BCUT2D eigenvalue weighted by molar-refractivity contribution is -0.178. The molecule has 0 aliphatic heterocycles. The minimum Gasteiger partial charge on any atom is -0.393 e. The smallest absolute Gasteiger partial charge is 0.129 e. The Morgan fingerprint density at radius 1 is 1.03 bits per heavy atom. The molecule has 36 heavy (non-hydrogen) atoms. The zero-order chi connectivity index (χ0) is 25.2. The van der Waals surface area contributed by atoms with Crippen LogP contribution in [0.4, 0.5) is 0 Å². The van der Waals surface area contributed by atoms with Crippen molar-refractivity contribution in [3.05, 3.63) is 12.2 Å². The van der Waals surface area contributed by atoms with Crippen LogP contribution in [0.15, 0.2) is 12.2 Å².